The van der Waals surface area contributed by atoms with Crippen LogP contribution in [-0.4, -0.2) is 37.6 Å². The van der Waals surface area contributed by atoms with Crippen LogP contribution in [0.25, 0.3) is 0 Å². The normalized spacial score (nSPS) is 11.6. The number of pyridine rings is 1. The fraction of sp³-hybridized carbons (Fsp3) is 0.167. The molecular weight excluding hydrogens is 548 g/mol. The summed E-state index contributed by atoms with van der Waals surface area (Å²) in [5, 5.41) is 24.6. The van der Waals surface area contributed by atoms with E-state index in [9.17, 15) is 22.9 Å². The van der Waals surface area contributed by atoms with Gasteiger partial charge in [0.15, 0.2) is 0 Å². The van der Waals surface area contributed by atoms with Crippen LogP contribution in [0, 0.1) is 13.8 Å². The third-order valence-corrected chi connectivity index (χ3v) is 6.65. The van der Waals surface area contributed by atoms with Crippen molar-refractivity contribution in [1.29, 1.82) is 0 Å². The zero-order valence-corrected chi connectivity index (χ0v) is 22.5. The molecule has 13 nitrogen and oxygen atoms in total. The third kappa shape index (κ3) is 6.37. The van der Waals surface area contributed by atoms with E-state index in [1.54, 1.807) is 51.1 Å². The van der Waals surface area contributed by atoms with E-state index in [1.807, 2.05) is 0 Å². The van der Waals surface area contributed by atoms with Crippen LogP contribution in [0.2, 0.25) is 5.28 Å². The van der Waals surface area contributed by atoms with Crippen LogP contribution < -0.4 is 16.2 Å². The molecule has 2 heterocycles. The summed E-state index contributed by atoms with van der Waals surface area (Å²) >= 11 is 6.05. The first-order valence-corrected chi connectivity index (χ1v) is 13.3. The van der Waals surface area contributed by atoms with Gasteiger partial charge in [-0.2, -0.15) is 28.5 Å². The topological polar surface area (TPSA) is 184 Å². The van der Waals surface area contributed by atoms with E-state index in [0.717, 1.165) is 0 Å². The van der Waals surface area contributed by atoms with Crippen molar-refractivity contribution in [1.82, 2.24) is 19.5 Å². The van der Waals surface area contributed by atoms with E-state index in [2.05, 4.69) is 35.8 Å². The van der Waals surface area contributed by atoms with E-state index in [0.29, 0.717) is 28.2 Å². The highest BCUT2D eigenvalue weighted by atomic mass is 35.5. The summed E-state index contributed by atoms with van der Waals surface area (Å²) in [6.07, 6.45) is 0. The molecule has 0 atom stereocenters. The fourth-order valence-electron chi connectivity index (χ4n) is 3.55. The number of azo groups is 1. The van der Waals surface area contributed by atoms with Gasteiger partial charge in [0, 0.05) is 23.5 Å². The molecule has 0 fully saturated rings. The first-order chi connectivity index (χ1) is 18.5. The van der Waals surface area contributed by atoms with Crippen molar-refractivity contribution in [2.75, 3.05) is 10.6 Å². The third-order valence-electron chi connectivity index (χ3n) is 5.63. The molecule has 0 bridgehead atoms. The van der Waals surface area contributed by atoms with Gasteiger partial charge in [-0.15, -0.1) is 5.11 Å². The highest BCUT2D eigenvalue weighted by Gasteiger charge is 2.16. The van der Waals surface area contributed by atoms with Crippen molar-refractivity contribution in [2.45, 2.75) is 32.2 Å². The summed E-state index contributed by atoms with van der Waals surface area (Å²) < 4.78 is 33.3. The molecule has 202 valence electrons. The van der Waals surface area contributed by atoms with Gasteiger partial charge in [-0.05, 0) is 74.3 Å². The highest BCUT2D eigenvalue weighted by Crippen LogP contribution is 2.32. The number of nitrogens with one attached hydrogen (secondary N) is 2. The van der Waals surface area contributed by atoms with Crippen molar-refractivity contribution in [3.05, 3.63) is 75.3 Å². The van der Waals surface area contributed by atoms with Crippen LogP contribution in [-0.2, 0) is 16.7 Å². The first-order valence-electron chi connectivity index (χ1n) is 11.4. The Balaban J connectivity index is 1.57. The highest BCUT2D eigenvalue weighted by molar-refractivity contribution is 7.85. The molecule has 0 unspecified atom stereocenters. The van der Waals surface area contributed by atoms with E-state index >= 15 is 0 Å². The molecule has 0 aliphatic carbocycles. The number of hydrogen-bond acceptors (Lipinski definition) is 11. The van der Waals surface area contributed by atoms with Crippen LogP contribution in [0.4, 0.5) is 34.6 Å². The van der Waals surface area contributed by atoms with Gasteiger partial charge in [-0.3, -0.25) is 13.9 Å². The van der Waals surface area contributed by atoms with E-state index < -0.39 is 10.1 Å². The lowest BCUT2D eigenvalue weighted by molar-refractivity contribution is 0.411. The minimum atomic E-state index is -4.39. The summed E-state index contributed by atoms with van der Waals surface area (Å²) in [5.41, 5.74) is 2.18. The lowest BCUT2D eigenvalue weighted by atomic mass is 10.1. The number of benzene rings is 2. The molecule has 4 N–H and O–H groups in total. The second-order valence-electron chi connectivity index (χ2n) is 8.23. The lowest BCUT2D eigenvalue weighted by Gasteiger charge is -2.12. The Morgan fingerprint density at radius 3 is 2.18 bits per heavy atom. The van der Waals surface area contributed by atoms with Crippen molar-refractivity contribution in [3.8, 4) is 5.88 Å². The molecule has 2 aromatic heterocycles. The minimum Gasteiger partial charge on any atom is -0.493 e. The maximum Gasteiger partial charge on any atom is 0.294 e. The van der Waals surface area contributed by atoms with Crippen LogP contribution in [0.3, 0.4) is 0 Å². The average Bonchev–Trinajstić information content (AvgIpc) is 2.87. The SMILES string of the molecule is CCn1c(O)c(/N=N/c2cccc(Nc3nc(Cl)nc(Nc4cccc(S(=O)(=O)O)c4)n3)c2)c(C)c(C)c1=O. The number of anilines is 4. The molecular formula is C24H23ClN8O5S. The maximum absolute atomic E-state index is 12.3. The van der Waals surface area contributed by atoms with Gasteiger partial charge in [-0.1, -0.05) is 12.1 Å². The molecule has 2 aromatic carbocycles. The Morgan fingerprint density at radius 1 is 0.949 bits per heavy atom. The van der Waals surface area contributed by atoms with Crippen molar-refractivity contribution in [3.63, 3.8) is 0 Å². The molecule has 0 saturated heterocycles. The minimum absolute atomic E-state index is 0.0215. The smallest absolute Gasteiger partial charge is 0.294 e. The molecule has 0 aliphatic rings. The zero-order valence-electron chi connectivity index (χ0n) is 20.9. The molecule has 0 saturated carbocycles. The molecule has 15 heteroatoms. The van der Waals surface area contributed by atoms with E-state index in [-0.39, 0.29) is 45.7 Å². The fourth-order valence-corrected chi connectivity index (χ4v) is 4.24. The molecule has 4 aromatic rings. The zero-order chi connectivity index (χ0) is 28.3. The van der Waals surface area contributed by atoms with E-state index in [1.165, 1.54) is 22.8 Å². The van der Waals surface area contributed by atoms with Gasteiger partial charge < -0.3 is 15.7 Å². The number of nitrogens with zero attached hydrogens (tertiary/aromatic N) is 6. The maximum atomic E-state index is 12.3. The molecule has 39 heavy (non-hydrogen) atoms. The van der Waals surface area contributed by atoms with Gasteiger partial charge in [0.2, 0.25) is 23.1 Å². The monoisotopic (exact) mass is 570 g/mol. The van der Waals surface area contributed by atoms with Crippen LogP contribution in [0.15, 0.2) is 68.4 Å². The second kappa shape index (κ2) is 11.1. The summed E-state index contributed by atoms with van der Waals surface area (Å²) in [6.45, 7) is 5.39. The number of hydrogen-bond donors (Lipinski definition) is 4. The van der Waals surface area contributed by atoms with Crippen molar-refractivity contribution in [2.24, 2.45) is 10.2 Å². The predicted octanol–water partition coefficient (Wildman–Crippen LogP) is 5.18. The molecule has 4 rings (SSSR count). The Hall–Kier alpha value is -4.40. The second-order valence-corrected chi connectivity index (χ2v) is 9.99. The summed E-state index contributed by atoms with van der Waals surface area (Å²) in [7, 11) is -4.39. The summed E-state index contributed by atoms with van der Waals surface area (Å²) in [4.78, 5) is 24.3. The Morgan fingerprint density at radius 2 is 1.56 bits per heavy atom. The van der Waals surface area contributed by atoms with Gasteiger partial charge in [-0.25, -0.2) is 0 Å². The number of aromatic hydroxyl groups is 1. The Labute approximate surface area is 228 Å². The van der Waals surface area contributed by atoms with Crippen molar-refractivity contribution >= 4 is 56.4 Å². The van der Waals surface area contributed by atoms with Crippen molar-refractivity contribution < 1.29 is 18.1 Å². The quantitative estimate of drug-likeness (QED) is 0.162. The van der Waals surface area contributed by atoms with Gasteiger partial charge in [0.1, 0.15) is 5.69 Å². The van der Waals surface area contributed by atoms with E-state index in [4.69, 9.17) is 11.6 Å². The molecule has 0 amide bonds. The molecule has 0 spiro atoms. The summed E-state index contributed by atoms with van der Waals surface area (Å²) in [6, 6.07) is 12.2. The standard InChI is InChI=1S/C24H23ClN8O5S/c1-4-33-20(34)14(3)13(2)19(21(33)35)32-31-17-9-5-7-15(11-17)26-23-28-22(25)29-24(30-23)27-16-8-6-10-18(12-16)39(36,37)38/h5-12,35H,4H2,1-3H3,(H,36,37,38)(H2,26,27,28,29,30)/b32-31+. The first kappa shape index (κ1) is 27.6. The summed E-state index contributed by atoms with van der Waals surface area (Å²) in [5.74, 6) is -0.157. The van der Waals surface area contributed by atoms with Crippen LogP contribution >= 0.6 is 11.6 Å². The number of aromatic nitrogens is 4. The largest absolute Gasteiger partial charge is 0.493 e. The average molecular weight is 571 g/mol. The van der Waals surface area contributed by atoms with Crippen LogP contribution in [0.5, 0.6) is 5.88 Å². The predicted molar refractivity (Wildman–Crippen MR) is 146 cm³/mol. The van der Waals surface area contributed by atoms with Crippen LogP contribution in [0.1, 0.15) is 18.1 Å². The van der Waals surface area contributed by atoms with Gasteiger partial charge in [0.25, 0.3) is 15.7 Å². The molecule has 0 radical (unpaired) electrons. The lowest BCUT2D eigenvalue weighted by Crippen LogP contribution is -2.22. The molecule has 0 aliphatic heterocycles. The van der Waals surface area contributed by atoms with Gasteiger partial charge >= 0.3 is 0 Å². The van der Waals surface area contributed by atoms with Gasteiger partial charge in [0.05, 0.1) is 10.6 Å². The number of halogens is 1. The Kier molecular flexibility index (Phi) is 7.90. The Bertz CT molecular complexity index is 1760. The number of rotatable bonds is 8.